The first-order chi connectivity index (χ1) is 8.74. The van der Waals surface area contributed by atoms with Crippen LogP contribution in [0.25, 0.3) is 5.65 Å². The molecule has 0 aliphatic carbocycles. The van der Waals surface area contributed by atoms with Gasteiger partial charge in [0, 0.05) is 25.1 Å². The second kappa shape index (κ2) is 4.14. The van der Waals surface area contributed by atoms with Crippen molar-refractivity contribution in [2.24, 2.45) is 7.05 Å². The van der Waals surface area contributed by atoms with Gasteiger partial charge in [-0.25, -0.2) is 9.50 Å². The molecule has 0 aliphatic heterocycles. The number of imidazole rings is 1. The molecule has 6 heteroatoms. The van der Waals surface area contributed by atoms with Gasteiger partial charge in [-0.2, -0.15) is 4.98 Å². The van der Waals surface area contributed by atoms with Crippen LogP contribution in [0.3, 0.4) is 0 Å². The summed E-state index contributed by atoms with van der Waals surface area (Å²) in [4.78, 5) is 8.65. The quantitative estimate of drug-likeness (QED) is 0.754. The van der Waals surface area contributed by atoms with Crippen LogP contribution in [0.5, 0.6) is 0 Å². The third-order valence-electron chi connectivity index (χ3n) is 2.87. The zero-order valence-electron chi connectivity index (χ0n) is 10.3. The summed E-state index contributed by atoms with van der Waals surface area (Å²) in [5.74, 6) is 1.57. The van der Waals surface area contributed by atoms with E-state index in [0.717, 1.165) is 17.2 Å². The van der Waals surface area contributed by atoms with Gasteiger partial charge < -0.3 is 9.88 Å². The molecule has 0 atom stereocenters. The van der Waals surface area contributed by atoms with Crippen LogP contribution in [0, 0.1) is 6.92 Å². The molecule has 6 nitrogen and oxygen atoms in total. The van der Waals surface area contributed by atoms with E-state index in [0.29, 0.717) is 12.5 Å². The van der Waals surface area contributed by atoms with E-state index in [1.54, 1.807) is 6.20 Å². The smallest absolute Gasteiger partial charge is 0.243 e. The molecular formula is C12H14N6. The summed E-state index contributed by atoms with van der Waals surface area (Å²) in [5.41, 5.74) is 1.90. The Morgan fingerprint density at radius 1 is 1.33 bits per heavy atom. The first kappa shape index (κ1) is 10.8. The van der Waals surface area contributed by atoms with Crippen LogP contribution in [-0.4, -0.2) is 24.1 Å². The molecule has 0 bridgehead atoms. The summed E-state index contributed by atoms with van der Waals surface area (Å²) in [6.07, 6.45) is 3.69. The maximum Gasteiger partial charge on any atom is 0.243 e. The first-order valence-electron chi connectivity index (χ1n) is 5.76. The third-order valence-corrected chi connectivity index (χ3v) is 2.87. The number of hydrogen-bond acceptors (Lipinski definition) is 4. The Balaban J connectivity index is 1.83. The van der Waals surface area contributed by atoms with Gasteiger partial charge >= 0.3 is 0 Å². The Kier molecular flexibility index (Phi) is 2.47. The molecule has 0 aromatic carbocycles. The molecule has 0 saturated heterocycles. The molecule has 0 radical (unpaired) electrons. The highest BCUT2D eigenvalue weighted by molar-refractivity contribution is 5.44. The van der Waals surface area contributed by atoms with E-state index in [1.807, 2.05) is 47.4 Å². The Hall–Kier alpha value is -2.37. The van der Waals surface area contributed by atoms with E-state index in [2.05, 4.69) is 20.4 Å². The summed E-state index contributed by atoms with van der Waals surface area (Å²) in [6.45, 7) is 2.61. The van der Waals surface area contributed by atoms with Gasteiger partial charge in [0.25, 0.3) is 0 Å². The molecular weight excluding hydrogens is 228 g/mol. The summed E-state index contributed by atoms with van der Waals surface area (Å²) in [7, 11) is 1.96. The molecule has 0 saturated carbocycles. The Labute approximate surface area is 104 Å². The summed E-state index contributed by atoms with van der Waals surface area (Å²) in [5, 5.41) is 7.58. The van der Waals surface area contributed by atoms with E-state index in [9.17, 15) is 0 Å². The van der Waals surface area contributed by atoms with Crippen LogP contribution in [0.1, 0.15) is 11.5 Å². The average molecular weight is 242 g/mol. The second-order valence-electron chi connectivity index (χ2n) is 4.18. The van der Waals surface area contributed by atoms with Crippen LogP contribution < -0.4 is 5.32 Å². The minimum Gasteiger partial charge on any atom is -0.346 e. The lowest BCUT2D eigenvalue weighted by molar-refractivity contribution is 0.806. The molecule has 3 rings (SSSR count). The molecule has 3 aromatic heterocycles. The van der Waals surface area contributed by atoms with E-state index in [-0.39, 0.29) is 0 Å². The number of fused-ring (bicyclic) bond motifs is 1. The lowest BCUT2D eigenvalue weighted by atomic mass is 10.4. The number of pyridine rings is 1. The summed E-state index contributed by atoms with van der Waals surface area (Å²) in [6, 6.07) is 5.91. The molecule has 1 N–H and O–H groups in total. The average Bonchev–Trinajstić information content (AvgIpc) is 2.93. The molecule has 0 fully saturated rings. The van der Waals surface area contributed by atoms with Gasteiger partial charge in [0.2, 0.25) is 5.95 Å². The molecule has 0 aliphatic rings. The monoisotopic (exact) mass is 242 g/mol. The molecule has 18 heavy (non-hydrogen) atoms. The minimum absolute atomic E-state index is 0.611. The zero-order valence-corrected chi connectivity index (χ0v) is 10.3. The third kappa shape index (κ3) is 1.81. The highest BCUT2D eigenvalue weighted by Crippen LogP contribution is 2.08. The van der Waals surface area contributed by atoms with Crippen LogP contribution in [0.15, 0.2) is 30.6 Å². The van der Waals surface area contributed by atoms with Crippen molar-refractivity contribution in [1.82, 2.24) is 24.1 Å². The molecule has 3 heterocycles. The number of nitrogens with one attached hydrogen (secondary N) is 1. The highest BCUT2D eigenvalue weighted by atomic mass is 15.4. The summed E-state index contributed by atoms with van der Waals surface area (Å²) >= 11 is 0. The van der Waals surface area contributed by atoms with Gasteiger partial charge in [-0.1, -0.05) is 6.07 Å². The van der Waals surface area contributed by atoms with E-state index in [4.69, 9.17) is 0 Å². The molecule has 0 spiro atoms. The predicted octanol–water partition coefficient (Wildman–Crippen LogP) is 1.38. The Morgan fingerprint density at radius 2 is 2.22 bits per heavy atom. The van der Waals surface area contributed by atoms with Crippen molar-refractivity contribution in [1.29, 1.82) is 0 Å². The minimum atomic E-state index is 0.611. The molecule has 3 aromatic rings. The van der Waals surface area contributed by atoms with Gasteiger partial charge in [0.1, 0.15) is 5.82 Å². The Morgan fingerprint density at radius 3 is 2.94 bits per heavy atom. The molecule has 0 unspecified atom stereocenters. The van der Waals surface area contributed by atoms with Crippen LogP contribution in [0.4, 0.5) is 5.95 Å². The number of aromatic nitrogens is 5. The van der Waals surface area contributed by atoms with Crippen molar-refractivity contribution in [2.45, 2.75) is 13.5 Å². The zero-order chi connectivity index (χ0) is 12.5. The first-order valence-corrected chi connectivity index (χ1v) is 5.76. The van der Waals surface area contributed by atoms with Crippen molar-refractivity contribution in [3.8, 4) is 0 Å². The SMILES string of the molecule is Cc1cccc2nc(NCc3nccn3C)nn12. The largest absolute Gasteiger partial charge is 0.346 e. The number of hydrogen-bond donors (Lipinski definition) is 1. The molecule has 0 amide bonds. The van der Waals surface area contributed by atoms with Gasteiger partial charge in [0.15, 0.2) is 5.65 Å². The molecule has 92 valence electrons. The second-order valence-corrected chi connectivity index (χ2v) is 4.18. The fourth-order valence-corrected chi connectivity index (χ4v) is 1.84. The fourth-order valence-electron chi connectivity index (χ4n) is 1.84. The van der Waals surface area contributed by atoms with Gasteiger partial charge in [0.05, 0.1) is 6.54 Å². The highest BCUT2D eigenvalue weighted by Gasteiger charge is 2.05. The van der Waals surface area contributed by atoms with Crippen LogP contribution in [-0.2, 0) is 13.6 Å². The lowest BCUT2D eigenvalue weighted by Crippen LogP contribution is -2.06. The van der Waals surface area contributed by atoms with Crippen molar-refractivity contribution >= 4 is 11.6 Å². The number of anilines is 1. The normalized spacial score (nSPS) is 11.0. The van der Waals surface area contributed by atoms with Crippen LogP contribution in [0.2, 0.25) is 0 Å². The standard InChI is InChI=1S/C12H14N6/c1-9-4-3-5-10-15-12(16-18(9)10)14-8-11-13-6-7-17(11)2/h3-7H,8H2,1-2H3,(H,14,16). The fraction of sp³-hybridized carbons (Fsp3) is 0.250. The number of nitrogens with zero attached hydrogens (tertiary/aromatic N) is 5. The number of rotatable bonds is 3. The number of aryl methyl sites for hydroxylation is 2. The van der Waals surface area contributed by atoms with Crippen molar-refractivity contribution in [3.05, 3.63) is 42.1 Å². The Bertz CT molecular complexity index is 681. The maximum absolute atomic E-state index is 4.41. The topological polar surface area (TPSA) is 60.0 Å². The van der Waals surface area contributed by atoms with E-state index < -0.39 is 0 Å². The lowest BCUT2D eigenvalue weighted by Gasteiger charge is -2.01. The van der Waals surface area contributed by atoms with E-state index in [1.165, 1.54) is 0 Å². The van der Waals surface area contributed by atoms with Crippen LogP contribution >= 0.6 is 0 Å². The van der Waals surface area contributed by atoms with Gasteiger partial charge in [-0.15, -0.1) is 5.10 Å². The summed E-state index contributed by atoms with van der Waals surface area (Å²) < 4.78 is 3.79. The maximum atomic E-state index is 4.41. The van der Waals surface area contributed by atoms with E-state index >= 15 is 0 Å². The predicted molar refractivity (Wildman–Crippen MR) is 68.3 cm³/mol. The van der Waals surface area contributed by atoms with Gasteiger partial charge in [-0.3, -0.25) is 0 Å². The van der Waals surface area contributed by atoms with Crippen molar-refractivity contribution in [3.63, 3.8) is 0 Å². The van der Waals surface area contributed by atoms with Crippen molar-refractivity contribution in [2.75, 3.05) is 5.32 Å². The van der Waals surface area contributed by atoms with Crippen molar-refractivity contribution < 1.29 is 0 Å². The van der Waals surface area contributed by atoms with Gasteiger partial charge in [-0.05, 0) is 19.1 Å².